The molecule has 0 saturated carbocycles. The van der Waals surface area contributed by atoms with Crippen molar-refractivity contribution in [2.75, 3.05) is 20.8 Å². The second-order valence-electron chi connectivity index (χ2n) is 3.59. The lowest BCUT2D eigenvalue weighted by Gasteiger charge is -2.17. The van der Waals surface area contributed by atoms with E-state index in [9.17, 15) is 0 Å². The van der Waals surface area contributed by atoms with Crippen molar-refractivity contribution in [3.05, 3.63) is 11.8 Å². The number of hydrogen-bond acceptors (Lipinski definition) is 4. The standard InChI is InChI=1S/C11H22N2O2/c1-6-9(14-4)7-13-11(15-5)10(12)8(2)3/h6,8,10H,7,12H2,1-5H3/b9-6+,13-11+. The van der Waals surface area contributed by atoms with Gasteiger partial charge in [0.15, 0.2) is 0 Å². The lowest BCUT2D eigenvalue weighted by Crippen LogP contribution is -2.36. The van der Waals surface area contributed by atoms with Crippen LogP contribution in [0.5, 0.6) is 0 Å². The molecule has 1 unspecified atom stereocenters. The SMILES string of the molecule is C/C=C(\C/N=C(/OC)C(N)C(C)C)OC. The van der Waals surface area contributed by atoms with Crippen molar-refractivity contribution in [3.8, 4) is 0 Å². The second kappa shape index (κ2) is 7.29. The van der Waals surface area contributed by atoms with Crippen LogP contribution in [-0.4, -0.2) is 32.7 Å². The van der Waals surface area contributed by atoms with E-state index in [2.05, 4.69) is 4.99 Å². The maximum atomic E-state index is 5.92. The molecule has 0 bridgehead atoms. The zero-order valence-electron chi connectivity index (χ0n) is 10.3. The van der Waals surface area contributed by atoms with Crippen LogP contribution >= 0.6 is 0 Å². The zero-order chi connectivity index (χ0) is 11.8. The number of nitrogens with two attached hydrogens (primary N) is 1. The quantitative estimate of drug-likeness (QED) is 0.429. The Hall–Kier alpha value is -1.03. The average Bonchev–Trinajstić information content (AvgIpc) is 2.24. The first-order valence-electron chi connectivity index (χ1n) is 5.09. The fraction of sp³-hybridized carbons (Fsp3) is 0.727. The molecular weight excluding hydrogens is 192 g/mol. The molecule has 0 saturated heterocycles. The molecule has 0 aromatic heterocycles. The molecule has 0 aromatic carbocycles. The van der Waals surface area contributed by atoms with E-state index in [1.807, 2.05) is 26.8 Å². The van der Waals surface area contributed by atoms with Gasteiger partial charge in [0.2, 0.25) is 5.90 Å². The summed E-state index contributed by atoms with van der Waals surface area (Å²) in [6.45, 7) is 6.44. The first kappa shape index (κ1) is 14.0. The van der Waals surface area contributed by atoms with Gasteiger partial charge in [-0.15, -0.1) is 0 Å². The summed E-state index contributed by atoms with van der Waals surface area (Å²) in [6.07, 6.45) is 1.87. The van der Waals surface area contributed by atoms with E-state index in [1.54, 1.807) is 14.2 Å². The van der Waals surface area contributed by atoms with Gasteiger partial charge in [0.05, 0.1) is 26.8 Å². The van der Waals surface area contributed by atoms with Gasteiger partial charge in [-0.05, 0) is 18.9 Å². The van der Waals surface area contributed by atoms with Crippen molar-refractivity contribution in [2.45, 2.75) is 26.8 Å². The van der Waals surface area contributed by atoms with E-state index in [1.165, 1.54) is 0 Å². The molecule has 0 rings (SSSR count). The van der Waals surface area contributed by atoms with E-state index in [0.717, 1.165) is 5.76 Å². The van der Waals surface area contributed by atoms with Crippen molar-refractivity contribution in [1.82, 2.24) is 0 Å². The molecule has 0 amide bonds. The molecule has 0 aromatic rings. The molecule has 1 atom stereocenters. The van der Waals surface area contributed by atoms with Gasteiger partial charge in [0.1, 0.15) is 5.76 Å². The van der Waals surface area contributed by atoms with Crippen LogP contribution in [0, 0.1) is 5.92 Å². The minimum absolute atomic E-state index is 0.162. The van der Waals surface area contributed by atoms with Crippen LogP contribution in [0.3, 0.4) is 0 Å². The van der Waals surface area contributed by atoms with E-state index >= 15 is 0 Å². The monoisotopic (exact) mass is 214 g/mol. The molecule has 2 N–H and O–H groups in total. The third-order valence-electron chi connectivity index (χ3n) is 2.19. The number of allylic oxidation sites excluding steroid dienone is 1. The number of nitrogens with zero attached hydrogens (tertiary/aromatic N) is 1. The minimum Gasteiger partial charge on any atom is -0.499 e. The highest BCUT2D eigenvalue weighted by Crippen LogP contribution is 2.03. The Bertz CT molecular complexity index is 235. The van der Waals surface area contributed by atoms with Crippen LogP contribution in [0.25, 0.3) is 0 Å². The topological polar surface area (TPSA) is 56.8 Å². The number of rotatable bonds is 5. The number of ether oxygens (including phenoxy) is 2. The first-order valence-corrected chi connectivity index (χ1v) is 5.09. The lowest BCUT2D eigenvalue weighted by atomic mass is 10.1. The summed E-state index contributed by atoms with van der Waals surface area (Å²) >= 11 is 0. The number of aliphatic imine (C=N–C) groups is 1. The number of hydrogen-bond donors (Lipinski definition) is 1. The summed E-state index contributed by atoms with van der Waals surface area (Å²) in [7, 11) is 3.21. The van der Waals surface area contributed by atoms with Gasteiger partial charge in [-0.25, -0.2) is 4.99 Å². The Morgan fingerprint density at radius 3 is 2.27 bits per heavy atom. The molecule has 4 heteroatoms. The minimum atomic E-state index is -0.162. The predicted octanol–water partition coefficient (Wildman–Crippen LogP) is 1.56. The van der Waals surface area contributed by atoms with Crippen molar-refractivity contribution in [2.24, 2.45) is 16.6 Å². The largest absolute Gasteiger partial charge is 0.499 e. The Labute approximate surface area is 92.2 Å². The van der Waals surface area contributed by atoms with E-state index in [4.69, 9.17) is 15.2 Å². The Morgan fingerprint density at radius 1 is 1.33 bits per heavy atom. The fourth-order valence-corrected chi connectivity index (χ4v) is 1.02. The highest BCUT2D eigenvalue weighted by atomic mass is 16.5. The summed E-state index contributed by atoms with van der Waals surface area (Å²) in [5.41, 5.74) is 5.92. The van der Waals surface area contributed by atoms with Crippen molar-refractivity contribution in [3.63, 3.8) is 0 Å². The van der Waals surface area contributed by atoms with Crippen LogP contribution < -0.4 is 5.73 Å². The van der Waals surface area contributed by atoms with Crippen LogP contribution in [0.1, 0.15) is 20.8 Å². The molecule has 0 radical (unpaired) electrons. The molecular formula is C11H22N2O2. The fourth-order valence-electron chi connectivity index (χ4n) is 1.02. The van der Waals surface area contributed by atoms with Gasteiger partial charge in [-0.2, -0.15) is 0 Å². The maximum absolute atomic E-state index is 5.92. The van der Waals surface area contributed by atoms with Gasteiger partial charge < -0.3 is 15.2 Å². The summed E-state index contributed by atoms with van der Waals surface area (Å²) < 4.78 is 10.2. The van der Waals surface area contributed by atoms with Crippen LogP contribution in [-0.2, 0) is 9.47 Å². The van der Waals surface area contributed by atoms with Gasteiger partial charge in [-0.1, -0.05) is 13.8 Å². The normalized spacial score (nSPS) is 15.4. The molecule has 0 aliphatic rings. The third kappa shape index (κ3) is 4.83. The summed E-state index contributed by atoms with van der Waals surface area (Å²) in [6, 6.07) is -0.162. The second-order valence-corrected chi connectivity index (χ2v) is 3.59. The zero-order valence-corrected chi connectivity index (χ0v) is 10.3. The molecule has 88 valence electrons. The highest BCUT2D eigenvalue weighted by molar-refractivity contribution is 5.81. The molecule has 0 fully saturated rings. The van der Waals surface area contributed by atoms with Crippen LogP contribution in [0.2, 0.25) is 0 Å². The van der Waals surface area contributed by atoms with Crippen LogP contribution in [0.4, 0.5) is 0 Å². The summed E-state index contributed by atoms with van der Waals surface area (Å²) in [4.78, 5) is 4.28. The maximum Gasteiger partial charge on any atom is 0.201 e. The van der Waals surface area contributed by atoms with E-state index in [0.29, 0.717) is 18.4 Å². The highest BCUT2D eigenvalue weighted by Gasteiger charge is 2.15. The molecule has 0 aliphatic heterocycles. The van der Waals surface area contributed by atoms with Crippen LogP contribution in [0.15, 0.2) is 16.8 Å². The third-order valence-corrected chi connectivity index (χ3v) is 2.19. The van der Waals surface area contributed by atoms with E-state index < -0.39 is 0 Å². The molecule has 0 spiro atoms. The number of methoxy groups -OCH3 is 2. The average molecular weight is 214 g/mol. The molecule has 4 nitrogen and oxygen atoms in total. The smallest absolute Gasteiger partial charge is 0.201 e. The lowest BCUT2D eigenvalue weighted by molar-refractivity contribution is 0.284. The molecule has 0 aliphatic carbocycles. The molecule has 15 heavy (non-hydrogen) atoms. The Kier molecular flexibility index (Phi) is 6.79. The van der Waals surface area contributed by atoms with Crippen molar-refractivity contribution < 1.29 is 9.47 Å². The summed E-state index contributed by atoms with van der Waals surface area (Å²) in [5, 5.41) is 0. The van der Waals surface area contributed by atoms with Gasteiger partial charge in [0.25, 0.3) is 0 Å². The Balaban J connectivity index is 4.47. The van der Waals surface area contributed by atoms with Gasteiger partial charge in [0, 0.05) is 0 Å². The van der Waals surface area contributed by atoms with Crippen molar-refractivity contribution >= 4 is 5.90 Å². The van der Waals surface area contributed by atoms with Gasteiger partial charge in [-0.3, -0.25) is 0 Å². The Morgan fingerprint density at radius 2 is 1.93 bits per heavy atom. The summed E-state index contributed by atoms with van der Waals surface area (Å²) in [5.74, 6) is 1.68. The van der Waals surface area contributed by atoms with E-state index in [-0.39, 0.29) is 6.04 Å². The van der Waals surface area contributed by atoms with Crippen molar-refractivity contribution in [1.29, 1.82) is 0 Å². The van der Waals surface area contributed by atoms with Gasteiger partial charge >= 0.3 is 0 Å². The molecule has 0 heterocycles. The first-order chi connectivity index (χ1) is 7.06. The predicted molar refractivity (Wildman–Crippen MR) is 62.9 cm³/mol.